The Morgan fingerprint density at radius 2 is 1.53 bits per heavy atom. The number of halogens is 4. The molecule has 2 aromatic carbocycles. The monoisotopic (exact) mass is 306 g/mol. The van der Waals surface area contributed by atoms with Gasteiger partial charge in [-0.25, -0.2) is 0 Å². The molecule has 0 radical (unpaired) electrons. The van der Waals surface area contributed by atoms with Crippen LogP contribution in [-0.2, 0) is 0 Å². The molecule has 0 unspecified atom stereocenters. The minimum Gasteiger partial charge on any atom is -0.291 e. The molecule has 1 nitrogen and oxygen atoms in total. The summed E-state index contributed by atoms with van der Waals surface area (Å²) in [7, 11) is 0. The maximum absolute atomic E-state index is 11.6. The van der Waals surface area contributed by atoms with Gasteiger partial charge in [-0.05, 0) is 29.0 Å². The van der Waals surface area contributed by atoms with Crippen LogP contribution in [0.5, 0.6) is 0 Å². The molecular formula is C12H6Cl4O. The number of carbonyl (C=O) groups is 1. The lowest BCUT2D eigenvalue weighted by Crippen LogP contribution is -2.07. The van der Waals surface area contributed by atoms with Crippen LogP contribution in [0.15, 0.2) is 30.3 Å². The Morgan fingerprint density at radius 1 is 0.941 bits per heavy atom. The van der Waals surface area contributed by atoms with E-state index in [-0.39, 0.29) is 5.78 Å². The number of hydrogen-bond acceptors (Lipinski definition) is 1. The summed E-state index contributed by atoms with van der Waals surface area (Å²) in [6, 6.07) is 8.57. The molecule has 0 heterocycles. The fraction of sp³-hybridized carbons (Fsp3) is 0.0833. The Balaban J connectivity index is 2.58. The summed E-state index contributed by atoms with van der Waals surface area (Å²) < 4.78 is 0. The summed E-state index contributed by atoms with van der Waals surface area (Å²) >= 11 is 22.9. The zero-order chi connectivity index (χ0) is 12.6. The van der Waals surface area contributed by atoms with Crippen LogP contribution in [0.3, 0.4) is 0 Å². The first-order chi connectivity index (χ1) is 7.99. The SMILES string of the molecule is O=C(c1ccc2cc(Cl)c(Cl)cc2c1)C(Cl)Cl. The van der Waals surface area contributed by atoms with Gasteiger partial charge in [-0.1, -0.05) is 58.5 Å². The maximum atomic E-state index is 11.6. The van der Waals surface area contributed by atoms with Gasteiger partial charge < -0.3 is 0 Å². The van der Waals surface area contributed by atoms with E-state index < -0.39 is 4.84 Å². The lowest BCUT2D eigenvalue weighted by atomic mass is 10.1. The van der Waals surface area contributed by atoms with Gasteiger partial charge in [-0.2, -0.15) is 0 Å². The van der Waals surface area contributed by atoms with Crippen LogP contribution in [0, 0.1) is 0 Å². The number of benzene rings is 2. The van der Waals surface area contributed by atoms with Crippen LogP contribution in [0.4, 0.5) is 0 Å². The second kappa shape index (κ2) is 5.03. The number of ketones is 1. The van der Waals surface area contributed by atoms with E-state index in [1.807, 2.05) is 0 Å². The quantitative estimate of drug-likeness (QED) is 0.555. The predicted molar refractivity (Wildman–Crippen MR) is 73.8 cm³/mol. The zero-order valence-corrected chi connectivity index (χ0v) is 11.4. The number of hydrogen-bond donors (Lipinski definition) is 0. The second-order valence-corrected chi connectivity index (χ2v) is 5.40. The van der Waals surface area contributed by atoms with Gasteiger partial charge in [0.05, 0.1) is 10.0 Å². The number of fused-ring (bicyclic) bond motifs is 1. The highest BCUT2D eigenvalue weighted by atomic mass is 35.5. The topological polar surface area (TPSA) is 17.1 Å². The Hall–Kier alpha value is -0.470. The van der Waals surface area contributed by atoms with Crippen LogP contribution < -0.4 is 0 Å². The Bertz CT molecular complexity index is 592. The van der Waals surface area contributed by atoms with Gasteiger partial charge in [0.15, 0.2) is 10.6 Å². The molecule has 17 heavy (non-hydrogen) atoms. The summed E-state index contributed by atoms with van der Waals surface area (Å²) in [6.45, 7) is 0. The van der Waals surface area contributed by atoms with Crippen molar-refractivity contribution in [3.8, 4) is 0 Å². The van der Waals surface area contributed by atoms with Crippen molar-refractivity contribution in [2.24, 2.45) is 0 Å². The Kier molecular flexibility index (Phi) is 3.84. The molecule has 0 aliphatic heterocycles. The van der Waals surface area contributed by atoms with Gasteiger partial charge in [0.25, 0.3) is 0 Å². The highest BCUT2D eigenvalue weighted by Crippen LogP contribution is 2.28. The van der Waals surface area contributed by atoms with Crippen LogP contribution in [0.2, 0.25) is 10.0 Å². The Labute approximate surface area is 118 Å². The van der Waals surface area contributed by atoms with Gasteiger partial charge in [-0.15, -0.1) is 0 Å². The van der Waals surface area contributed by atoms with E-state index in [1.54, 1.807) is 30.3 Å². The average molecular weight is 308 g/mol. The summed E-state index contributed by atoms with van der Waals surface area (Å²) in [5.74, 6) is -0.332. The van der Waals surface area contributed by atoms with Gasteiger partial charge in [0.2, 0.25) is 0 Å². The third-order valence-electron chi connectivity index (χ3n) is 2.36. The van der Waals surface area contributed by atoms with Crippen LogP contribution in [0.25, 0.3) is 10.8 Å². The van der Waals surface area contributed by atoms with Crippen LogP contribution >= 0.6 is 46.4 Å². The fourth-order valence-electron chi connectivity index (χ4n) is 1.52. The molecule has 0 amide bonds. The first-order valence-electron chi connectivity index (χ1n) is 4.70. The molecule has 0 saturated heterocycles. The molecule has 0 aromatic heterocycles. The standard InChI is InChI=1S/C12H6Cl4O/c13-9-4-6-1-2-7(11(17)12(15)16)3-8(6)5-10(9)14/h1-5,12H. The van der Waals surface area contributed by atoms with Gasteiger partial charge in [0, 0.05) is 5.56 Å². The van der Waals surface area contributed by atoms with Crippen molar-refractivity contribution >= 4 is 63.0 Å². The van der Waals surface area contributed by atoms with Crippen molar-refractivity contribution in [1.82, 2.24) is 0 Å². The van der Waals surface area contributed by atoms with Crippen LogP contribution in [-0.4, -0.2) is 10.6 Å². The van der Waals surface area contributed by atoms with E-state index >= 15 is 0 Å². The Morgan fingerprint density at radius 3 is 2.12 bits per heavy atom. The molecular weight excluding hydrogens is 302 g/mol. The van der Waals surface area contributed by atoms with Gasteiger partial charge in [-0.3, -0.25) is 4.79 Å². The summed E-state index contributed by atoms with van der Waals surface area (Å²) in [4.78, 5) is 10.6. The largest absolute Gasteiger partial charge is 0.291 e. The van der Waals surface area contributed by atoms with E-state index in [0.717, 1.165) is 10.8 Å². The molecule has 88 valence electrons. The number of carbonyl (C=O) groups excluding carboxylic acids is 1. The smallest absolute Gasteiger partial charge is 0.195 e. The third kappa shape index (κ3) is 2.69. The summed E-state index contributed by atoms with van der Waals surface area (Å²) in [6.07, 6.45) is 0. The van der Waals surface area contributed by atoms with E-state index in [4.69, 9.17) is 46.4 Å². The zero-order valence-electron chi connectivity index (χ0n) is 8.38. The van der Waals surface area contributed by atoms with Gasteiger partial charge in [0.1, 0.15) is 0 Å². The molecule has 0 aliphatic rings. The third-order valence-corrected chi connectivity index (χ3v) is 3.48. The lowest BCUT2D eigenvalue weighted by Gasteiger charge is -2.05. The highest BCUT2D eigenvalue weighted by Gasteiger charge is 2.14. The molecule has 0 atom stereocenters. The van der Waals surface area contributed by atoms with Crippen molar-refractivity contribution in [2.75, 3.05) is 0 Å². The number of rotatable bonds is 2. The van der Waals surface area contributed by atoms with Crippen molar-refractivity contribution in [2.45, 2.75) is 4.84 Å². The van der Waals surface area contributed by atoms with Crippen molar-refractivity contribution < 1.29 is 4.79 Å². The van der Waals surface area contributed by atoms with E-state index in [1.165, 1.54) is 0 Å². The van der Waals surface area contributed by atoms with Crippen LogP contribution in [0.1, 0.15) is 10.4 Å². The first kappa shape index (κ1) is 13.0. The highest BCUT2D eigenvalue weighted by molar-refractivity contribution is 6.55. The lowest BCUT2D eigenvalue weighted by molar-refractivity contribution is 0.101. The van der Waals surface area contributed by atoms with E-state index in [9.17, 15) is 4.79 Å². The normalized spacial score (nSPS) is 11.1. The molecule has 2 rings (SSSR count). The van der Waals surface area contributed by atoms with Crippen molar-refractivity contribution in [3.63, 3.8) is 0 Å². The van der Waals surface area contributed by atoms with Crippen molar-refractivity contribution in [3.05, 3.63) is 45.9 Å². The summed E-state index contributed by atoms with van der Waals surface area (Å²) in [5, 5.41) is 2.64. The number of alkyl halides is 2. The second-order valence-electron chi connectivity index (χ2n) is 3.49. The van der Waals surface area contributed by atoms with E-state index in [0.29, 0.717) is 15.6 Å². The molecule has 0 saturated carbocycles. The minimum absolute atomic E-state index is 0.332. The minimum atomic E-state index is -1.06. The summed E-state index contributed by atoms with van der Waals surface area (Å²) in [5.41, 5.74) is 0.450. The molecule has 0 N–H and O–H groups in total. The van der Waals surface area contributed by atoms with Crippen molar-refractivity contribution in [1.29, 1.82) is 0 Å². The first-order valence-corrected chi connectivity index (χ1v) is 6.33. The van der Waals surface area contributed by atoms with E-state index in [2.05, 4.69) is 0 Å². The molecule has 5 heteroatoms. The fourth-order valence-corrected chi connectivity index (χ4v) is 2.12. The number of Topliss-reactive ketones (excluding diaryl/α,β-unsaturated/α-hetero) is 1. The molecule has 0 spiro atoms. The molecule has 0 aliphatic carbocycles. The molecule has 2 aromatic rings. The maximum Gasteiger partial charge on any atom is 0.195 e. The van der Waals surface area contributed by atoms with Gasteiger partial charge >= 0.3 is 0 Å². The average Bonchev–Trinajstić information content (AvgIpc) is 2.29. The predicted octanol–water partition coefficient (Wildman–Crippen LogP) is 5.13. The molecule has 0 bridgehead atoms. The molecule has 0 fully saturated rings.